The Balaban J connectivity index is 2.08. The van der Waals surface area contributed by atoms with Crippen LogP contribution < -0.4 is 0 Å². The Kier molecular flexibility index (Phi) is 1.74. The Labute approximate surface area is 101 Å². The van der Waals surface area contributed by atoms with Crippen molar-refractivity contribution in [2.45, 2.75) is 0 Å². The first-order valence-corrected chi connectivity index (χ1v) is 5.54. The third-order valence-electron chi connectivity index (χ3n) is 2.87. The van der Waals surface area contributed by atoms with E-state index in [9.17, 15) is 0 Å². The predicted octanol–water partition coefficient (Wildman–Crippen LogP) is 1.44. The highest BCUT2D eigenvalue weighted by atomic mass is 15.4. The first kappa shape index (κ1) is 9.29. The second-order valence-corrected chi connectivity index (χ2v) is 3.94. The summed E-state index contributed by atoms with van der Waals surface area (Å²) in [7, 11) is 0. The molecule has 0 aliphatic heterocycles. The minimum Gasteiger partial charge on any atom is -0.220 e. The largest absolute Gasteiger partial charge is 0.220 e. The van der Waals surface area contributed by atoms with Gasteiger partial charge in [0.05, 0.1) is 11.0 Å². The summed E-state index contributed by atoms with van der Waals surface area (Å²) in [6.45, 7) is 0. The molecule has 0 unspecified atom stereocenters. The second kappa shape index (κ2) is 3.36. The van der Waals surface area contributed by atoms with Crippen molar-refractivity contribution in [1.29, 1.82) is 0 Å². The van der Waals surface area contributed by atoms with E-state index in [2.05, 4.69) is 20.6 Å². The van der Waals surface area contributed by atoms with E-state index >= 15 is 0 Å². The lowest BCUT2D eigenvalue weighted by atomic mass is 10.2. The van der Waals surface area contributed by atoms with Crippen molar-refractivity contribution in [2.75, 3.05) is 0 Å². The molecule has 4 heterocycles. The lowest BCUT2D eigenvalue weighted by Gasteiger charge is -1.93. The summed E-state index contributed by atoms with van der Waals surface area (Å²) in [4.78, 5) is 0. The van der Waals surface area contributed by atoms with E-state index in [1.165, 1.54) is 0 Å². The summed E-state index contributed by atoms with van der Waals surface area (Å²) in [5, 5.41) is 16.5. The summed E-state index contributed by atoms with van der Waals surface area (Å²) in [6.07, 6.45) is 3.72. The molecule has 6 heteroatoms. The second-order valence-electron chi connectivity index (χ2n) is 3.94. The third kappa shape index (κ3) is 1.17. The monoisotopic (exact) mass is 236 g/mol. The quantitative estimate of drug-likeness (QED) is 0.501. The highest BCUT2D eigenvalue weighted by Crippen LogP contribution is 2.23. The topological polar surface area (TPSA) is 60.4 Å². The fraction of sp³-hybridized carbons (Fsp3) is 0. The van der Waals surface area contributed by atoms with Crippen LogP contribution in [0.1, 0.15) is 0 Å². The maximum Gasteiger partial charge on any atom is 0.143 e. The van der Waals surface area contributed by atoms with Crippen molar-refractivity contribution in [3.63, 3.8) is 0 Å². The average molecular weight is 236 g/mol. The molecular weight excluding hydrogens is 228 g/mol. The van der Waals surface area contributed by atoms with Gasteiger partial charge in [-0.05, 0) is 24.3 Å². The molecule has 0 spiro atoms. The summed E-state index contributed by atoms with van der Waals surface area (Å²) in [5.41, 5.74) is 3.33. The van der Waals surface area contributed by atoms with E-state index in [0.717, 1.165) is 22.4 Å². The van der Waals surface area contributed by atoms with Crippen LogP contribution in [-0.2, 0) is 0 Å². The van der Waals surface area contributed by atoms with E-state index < -0.39 is 0 Å². The number of pyridine rings is 2. The molecule has 0 radical (unpaired) electrons. The molecule has 0 saturated heterocycles. The first-order chi connectivity index (χ1) is 8.93. The van der Waals surface area contributed by atoms with Gasteiger partial charge in [0.15, 0.2) is 0 Å². The van der Waals surface area contributed by atoms with Gasteiger partial charge in [-0.25, -0.2) is 9.03 Å². The third-order valence-corrected chi connectivity index (χ3v) is 2.87. The molecule has 0 amide bonds. The minimum absolute atomic E-state index is 0.747. The van der Waals surface area contributed by atoms with E-state index in [-0.39, 0.29) is 0 Å². The van der Waals surface area contributed by atoms with Gasteiger partial charge in [-0.1, -0.05) is 22.6 Å². The molecule has 86 valence electrons. The molecule has 0 N–H and O–H groups in total. The number of aromatic nitrogens is 6. The Bertz CT molecular complexity index is 772. The smallest absolute Gasteiger partial charge is 0.143 e. The van der Waals surface area contributed by atoms with Crippen molar-refractivity contribution in [3.05, 3.63) is 48.8 Å². The fourth-order valence-corrected chi connectivity index (χ4v) is 2.03. The van der Waals surface area contributed by atoms with Crippen LogP contribution in [0.5, 0.6) is 0 Å². The van der Waals surface area contributed by atoms with Gasteiger partial charge in [-0.15, -0.1) is 10.2 Å². The molecule has 18 heavy (non-hydrogen) atoms. The molecule has 4 aromatic heterocycles. The van der Waals surface area contributed by atoms with E-state index in [1.54, 1.807) is 9.03 Å². The molecule has 4 aromatic rings. The Morgan fingerprint density at radius 1 is 0.667 bits per heavy atom. The van der Waals surface area contributed by atoms with E-state index in [1.807, 2.05) is 48.8 Å². The molecule has 0 fully saturated rings. The molecule has 0 aliphatic carbocycles. The van der Waals surface area contributed by atoms with Crippen molar-refractivity contribution >= 4 is 11.0 Å². The van der Waals surface area contributed by atoms with Gasteiger partial charge in [-0.2, -0.15) is 0 Å². The maximum atomic E-state index is 4.19. The van der Waals surface area contributed by atoms with Crippen LogP contribution in [0.4, 0.5) is 0 Å². The van der Waals surface area contributed by atoms with Gasteiger partial charge in [-0.3, -0.25) is 0 Å². The fourth-order valence-electron chi connectivity index (χ4n) is 2.03. The van der Waals surface area contributed by atoms with Gasteiger partial charge >= 0.3 is 0 Å². The van der Waals surface area contributed by atoms with Crippen LogP contribution in [0.2, 0.25) is 0 Å². The number of fused-ring (bicyclic) bond motifs is 2. The van der Waals surface area contributed by atoms with Crippen LogP contribution in [0.25, 0.3) is 22.4 Å². The van der Waals surface area contributed by atoms with Crippen LogP contribution in [0, 0.1) is 0 Å². The summed E-state index contributed by atoms with van der Waals surface area (Å²) in [5.74, 6) is 0. The summed E-state index contributed by atoms with van der Waals surface area (Å²) >= 11 is 0. The van der Waals surface area contributed by atoms with Gasteiger partial charge in [0.25, 0.3) is 0 Å². The Morgan fingerprint density at radius 3 is 1.67 bits per heavy atom. The van der Waals surface area contributed by atoms with Crippen LogP contribution in [-0.4, -0.2) is 29.7 Å². The predicted molar refractivity (Wildman–Crippen MR) is 65.0 cm³/mol. The lowest BCUT2D eigenvalue weighted by molar-refractivity contribution is 0.849. The van der Waals surface area contributed by atoms with Crippen molar-refractivity contribution in [2.24, 2.45) is 0 Å². The normalized spacial score (nSPS) is 11.3. The molecule has 0 atom stereocenters. The van der Waals surface area contributed by atoms with Gasteiger partial charge in [0.1, 0.15) is 11.4 Å². The summed E-state index contributed by atoms with van der Waals surface area (Å²) < 4.78 is 3.45. The number of rotatable bonds is 1. The zero-order valence-corrected chi connectivity index (χ0v) is 9.30. The molecular formula is C12H8N6. The molecule has 0 aromatic carbocycles. The SMILES string of the molecule is c1ccn2nnc(-c3nnn4ccccc34)c2c1. The minimum atomic E-state index is 0.747. The lowest BCUT2D eigenvalue weighted by Crippen LogP contribution is -1.84. The van der Waals surface area contributed by atoms with Crippen LogP contribution >= 0.6 is 0 Å². The van der Waals surface area contributed by atoms with Crippen LogP contribution in [0.3, 0.4) is 0 Å². The zero-order chi connectivity index (χ0) is 11.9. The molecule has 0 bridgehead atoms. The van der Waals surface area contributed by atoms with Crippen molar-refractivity contribution < 1.29 is 0 Å². The van der Waals surface area contributed by atoms with Gasteiger partial charge in [0, 0.05) is 12.4 Å². The van der Waals surface area contributed by atoms with Gasteiger partial charge < -0.3 is 0 Å². The van der Waals surface area contributed by atoms with Gasteiger partial charge in [0.2, 0.25) is 0 Å². The van der Waals surface area contributed by atoms with E-state index in [4.69, 9.17) is 0 Å². The summed E-state index contributed by atoms with van der Waals surface area (Å²) in [6, 6.07) is 11.7. The Hall–Kier alpha value is -2.76. The molecule has 0 saturated carbocycles. The average Bonchev–Trinajstić information content (AvgIpc) is 3.01. The molecule has 4 rings (SSSR count). The zero-order valence-electron chi connectivity index (χ0n) is 9.30. The molecule has 0 aliphatic rings. The first-order valence-electron chi connectivity index (χ1n) is 5.54. The molecule has 6 nitrogen and oxygen atoms in total. The Morgan fingerprint density at radius 2 is 1.17 bits per heavy atom. The van der Waals surface area contributed by atoms with Crippen LogP contribution in [0.15, 0.2) is 48.8 Å². The number of hydrogen-bond acceptors (Lipinski definition) is 4. The number of hydrogen-bond donors (Lipinski definition) is 0. The highest BCUT2D eigenvalue weighted by molar-refractivity contribution is 5.83. The van der Waals surface area contributed by atoms with Crippen molar-refractivity contribution in [3.8, 4) is 11.4 Å². The number of nitrogens with zero attached hydrogens (tertiary/aromatic N) is 6. The maximum absolute atomic E-state index is 4.19. The van der Waals surface area contributed by atoms with E-state index in [0.29, 0.717) is 0 Å². The standard InChI is InChI=1S/C12H8N6/c1-3-7-17-9(5-1)11(13-15-17)12-10-6-2-4-8-18(10)16-14-12/h1-8H. The highest BCUT2D eigenvalue weighted by Gasteiger charge is 2.14. The van der Waals surface area contributed by atoms with Crippen molar-refractivity contribution in [1.82, 2.24) is 29.7 Å².